The quantitative estimate of drug-likeness (QED) is 0.276. The second-order valence-electron chi connectivity index (χ2n) is 8.53. The summed E-state index contributed by atoms with van der Waals surface area (Å²) in [6.45, 7) is 0. The van der Waals surface area contributed by atoms with Crippen LogP contribution in [0.2, 0.25) is 0 Å². The third-order valence-electron chi connectivity index (χ3n) is 6.50. The summed E-state index contributed by atoms with van der Waals surface area (Å²) in [6, 6.07) is 41.8. The zero-order chi connectivity index (χ0) is 22.5. The molecule has 0 amide bonds. The summed E-state index contributed by atoms with van der Waals surface area (Å²) in [4.78, 5) is 0. The van der Waals surface area contributed by atoms with Gasteiger partial charge in [0, 0.05) is 32.7 Å². The monoisotopic (exact) mass is 436 g/mol. The SMILES string of the molecule is c1ccc(-c2cc3oc4ccccc4c3cc2-c2oc(-c3ccccc3)c3ccccc23)cc1. The molecule has 0 aliphatic heterocycles. The van der Waals surface area contributed by atoms with Crippen LogP contribution in [0.25, 0.3) is 66.5 Å². The fourth-order valence-corrected chi connectivity index (χ4v) is 4.91. The van der Waals surface area contributed by atoms with E-state index in [1.807, 2.05) is 36.4 Å². The molecule has 0 saturated carbocycles. The molecule has 2 heterocycles. The Labute approximate surface area is 196 Å². The van der Waals surface area contributed by atoms with Crippen molar-refractivity contribution in [3.05, 3.63) is 121 Å². The molecule has 5 aromatic carbocycles. The molecule has 2 aromatic heterocycles. The van der Waals surface area contributed by atoms with E-state index in [4.69, 9.17) is 8.83 Å². The van der Waals surface area contributed by atoms with E-state index in [2.05, 4.69) is 84.9 Å². The predicted octanol–water partition coefficient (Wildman–Crippen LogP) is 9.33. The van der Waals surface area contributed by atoms with E-state index >= 15 is 0 Å². The molecule has 7 aromatic rings. The first-order valence-electron chi connectivity index (χ1n) is 11.4. The second-order valence-corrected chi connectivity index (χ2v) is 8.53. The standard InChI is InChI=1S/C32H20O2/c1-3-11-21(12-4-1)26-20-30-27(23-15-9-10-18-29(23)33-30)19-28(26)32-25-17-8-7-16-24(25)31(34-32)22-13-5-2-6-14-22/h1-20H. The molecular weight excluding hydrogens is 416 g/mol. The number of hydrogen-bond donors (Lipinski definition) is 0. The Balaban J connectivity index is 1.59. The lowest BCUT2D eigenvalue weighted by atomic mass is 9.94. The average molecular weight is 437 g/mol. The smallest absolute Gasteiger partial charge is 0.143 e. The molecule has 0 aliphatic carbocycles. The predicted molar refractivity (Wildman–Crippen MR) is 140 cm³/mol. The molecule has 7 rings (SSSR count). The lowest BCUT2D eigenvalue weighted by Crippen LogP contribution is -1.85. The van der Waals surface area contributed by atoms with Crippen LogP contribution in [-0.2, 0) is 0 Å². The highest BCUT2D eigenvalue weighted by Crippen LogP contribution is 2.45. The first kappa shape index (κ1) is 19.0. The van der Waals surface area contributed by atoms with Gasteiger partial charge >= 0.3 is 0 Å². The summed E-state index contributed by atoms with van der Waals surface area (Å²) in [5.41, 5.74) is 6.11. The van der Waals surface area contributed by atoms with Crippen molar-refractivity contribution in [2.45, 2.75) is 0 Å². The van der Waals surface area contributed by atoms with Crippen molar-refractivity contribution in [2.75, 3.05) is 0 Å². The Bertz CT molecular complexity index is 1790. The van der Waals surface area contributed by atoms with Gasteiger partial charge in [-0.15, -0.1) is 0 Å². The van der Waals surface area contributed by atoms with Gasteiger partial charge in [0.25, 0.3) is 0 Å². The minimum atomic E-state index is 0.875. The Hall–Kier alpha value is -4.56. The maximum atomic E-state index is 6.71. The Morgan fingerprint density at radius 1 is 0.353 bits per heavy atom. The molecule has 0 aliphatic rings. The molecule has 0 fully saturated rings. The molecule has 2 heteroatoms. The highest BCUT2D eigenvalue weighted by molar-refractivity contribution is 6.11. The second kappa shape index (κ2) is 7.50. The van der Waals surface area contributed by atoms with Crippen molar-refractivity contribution in [3.8, 4) is 33.8 Å². The Kier molecular flexibility index (Phi) is 4.18. The molecular formula is C32H20O2. The minimum Gasteiger partial charge on any atom is -0.456 e. The van der Waals surface area contributed by atoms with Gasteiger partial charge in [-0.2, -0.15) is 0 Å². The van der Waals surface area contributed by atoms with Gasteiger partial charge in [0.05, 0.1) is 0 Å². The van der Waals surface area contributed by atoms with Gasteiger partial charge in [-0.05, 0) is 29.3 Å². The van der Waals surface area contributed by atoms with Crippen molar-refractivity contribution in [2.24, 2.45) is 0 Å². The minimum absolute atomic E-state index is 0.875. The number of fused-ring (bicyclic) bond motifs is 4. The molecule has 0 radical (unpaired) electrons. The van der Waals surface area contributed by atoms with Crippen molar-refractivity contribution in [1.29, 1.82) is 0 Å². The van der Waals surface area contributed by atoms with E-state index in [9.17, 15) is 0 Å². The highest BCUT2D eigenvalue weighted by atomic mass is 16.3. The third-order valence-corrected chi connectivity index (χ3v) is 6.50. The average Bonchev–Trinajstić information content (AvgIpc) is 3.47. The van der Waals surface area contributed by atoms with Gasteiger partial charge < -0.3 is 8.83 Å². The molecule has 34 heavy (non-hydrogen) atoms. The molecule has 0 N–H and O–H groups in total. The molecule has 0 spiro atoms. The summed E-state index contributed by atoms with van der Waals surface area (Å²) in [5, 5.41) is 4.41. The topological polar surface area (TPSA) is 26.3 Å². The van der Waals surface area contributed by atoms with Crippen LogP contribution in [0.1, 0.15) is 0 Å². The zero-order valence-electron chi connectivity index (χ0n) is 18.4. The van der Waals surface area contributed by atoms with E-state index < -0.39 is 0 Å². The first-order valence-corrected chi connectivity index (χ1v) is 11.4. The Morgan fingerprint density at radius 2 is 0.941 bits per heavy atom. The van der Waals surface area contributed by atoms with Crippen LogP contribution in [-0.4, -0.2) is 0 Å². The molecule has 0 saturated heterocycles. The Morgan fingerprint density at radius 3 is 1.68 bits per heavy atom. The molecule has 2 nitrogen and oxygen atoms in total. The summed E-state index contributed by atoms with van der Waals surface area (Å²) >= 11 is 0. The third kappa shape index (κ3) is 2.89. The highest BCUT2D eigenvalue weighted by Gasteiger charge is 2.21. The fourth-order valence-electron chi connectivity index (χ4n) is 4.91. The number of para-hydroxylation sites is 1. The fraction of sp³-hybridized carbons (Fsp3) is 0. The maximum Gasteiger partial charge on any atom is 0.143 e. The zero-order valence-corrected chi connectivity index (χ0v) is 18.4. The van der Waals surface area contributed by atoms with E-state index in [0.29, 0.717) is 0 Å². The van der Waals surface area contributed by atoms with Crippen LogP contribution < -0.4 is 0 Å². The summed E-state index contributed by atoms with van der Waals surface area (Å²) in [6.07, 6.45) is 0. The van der Waals surface area contributed by atoms with Crippen molar-refractivity contribution in [1.82, 2.24) is 0 Å². The maximum absolute atomic E-state index is 6.71. The van der Waals surface area contributed by atoms with Crippen molar-refractivity contribution < 1.29 is 8.83 Å². The van der Waals surface area contributed by atoms with Crippen molar-refractivity contribution in [3.63, 3.8) is 0 Å². The summed E-state index contributed by atoms with van der Waals surface area (Å²) in [5.74, 6) is 1.77. The number of rotatable bonds is 3. The van der Waals surface area contributed by atoms with E-state index in [-0.39, 0.29) is 0 Å². The van der Waals surface area contributed by atoms with Gasteiger partial charge in [0.1, 0.15) is 22.7 Å². The van der Waals surface area contributed by atoms with Gasteiger partial charge in [-0.3, -0.25) is 0 Å². The van der Waals surface area contributed by atoms with Gasteiger partial charge in [0.2, 0.25) is 0 Å². The lowest BCUT2D eigenvalue weighted by molar-refractivity contribution is 0.602. The van der Waals surface area contributed by atoms with E-state index in [0.717, 1.165) is 66.5 Å². The summed E-state index contributed by atoms with van der Waals surface area (Å²) < 4.78 is 12.9. The van der Waals surface area contributed by atoms with Crippen LogP contribution in [0.4, 0.5) is 0 Å². The largest absolute Gasteiger partial charge is 0.456 e. The van der Waals surface area contributed by atoms with Gasteiger partial charge in [0.15, 0.2) is 0 Å². The normalized spacial score (nSPS) is 11.5. The van der Waals surface area contributed by atoms with Crippen LogP contribution in [0.15, 0.2) is 130 Å². The lowest BCUT2D eigenvalue weighted by Gasteiger charge is -2.09. The van der Waals surface area contributed by atoms with Crippen LogP contribution in [0, 0.1) is 0 Å². The van der Waals surface area contributed by atoms with E-state index in [1.165, 1.54) is 0 Å². The van der Waals surface area contributed by atoms with Gasteiger partial charge in [-0.25, -0.2) is 0 Å². The number of furan rings is 2. The first-order chi connectivity index (χ1) is 16.9. The molecule has 0 atom stereocenters. The number of hydrogen-bond acceptors (Lipinski definition) is 2. The van der Waals surface area contributed by atoms with Crippen LogP contribution in [0.5, 0.6) is 0 Å². The molecule has 0 unspecified atom stereocenters. The number of benzene rings is 5. The van der Waals surface area contributed by atoms with Gasteiger partial charge in [-0.1, -0.05) is 103 Å². The van der Waals surface area contributed by atoms with Crippen LogP contribution in [0.3, 0.4) is 0 Å². The molecule has 0 bridgehead atoms. The van der Waals surface area contributed by atoms with E-state index in [1.54, 1.807) is 0 Å². The molecule has 160 valence electrons. The van der Waals surface area contributed by atoms with Crippen molar-refractivity contribution >= 4 is 32.7 Å². The van der Waals surface area contributed by atoms with Crippen LogP contribution >= 0.6 is 0 Å². The summed E-state index contributed by atoms with van der Waals surface area (Å²) in [7, 11) is 0.